The summed E-state index contributed by atoms with van der Waals surface area (Å²) >= 11 is 17.9. The lowest BCUT2D eigenvalue weighted by molar-refractivity contribution is -0.136. The van der Waals surface area contributed by atoms with E-state index < -0.39 is 5.97 Å². The van der Waals surface area contributed by atoms with Gasteiger partial charge in [0.1, 0.15) is 0 Å². The van der Waals surface area contributed by atoms with E-state index >= 15 is 0 Å². The van der Waals surface area contributed by atoms with Gasteiger partial charge in [-0.2, -0.15) is 0 Å². The number of hydrogen-bond donors (Lipinski definition) is 1. The number of carbonyl (C=O) groups is 1. The van der Waals surface area contributed by atoms with Crippen LogP contribution in [0, 0.1) is 0 Å². The first-order valence-electron chi connectivity index (χ1n) is 5.15. The van der Waals surface area contributed by atoms with Crippen molar-refractivity contribution in [3.05, 3.63) is 45.2 Å². The van der Waals surface area contributed by atoms with Crippen molar-refractivity contribution in [1.82, 2.24) is 9.97 Å². The Balaban J connectivity index is 2.40. The third kappa shape index (κ3) is 3.35. The number of hydrogen-bond acceptors (Lipinski definition) is 3. The molecule has 0 aliphatic heterocycles. The first-order valence-corrected chi connectivity index (χ1v) is 6.28. The minimum Gasteiger partial charge on any atom is -0.481 e. The fourth-order valence-electron chi connectivity index (χ4n) is 1.48. The van der Waals surface area contributed by atoms with E-state index in [1.807, 2.05) is 0 Å². The predicted molar refractivity (Wildman–Crippen MR) is 73.8 cm³/mol. The summed E-state index contributed by atoms with van der Waals surface area (Å²) < 4.78 is 0. The summed E-state index contributed by atoms with van der Waals surface area (Å²) in [6.45, 7) is 0. The van der Waals surface area contributed by atoms with Crippen molar-refractivity contribution in [2.45, 2.75) is 6.42 Å². The number of nitrogens with zero attached hydrogens (tertiary/aromatic N) is 2. The number of rotatable bonds is 3. The van der Waals surface area contributed by atoms with Crippen LogP contribution in [0.2, 0.25) is 15.1 Å². The predicted octanol–water partition coefficient (Wildman–Crippen LogP) is 3.73. The Morgan fingerprint density at radius 2 is 1.79 bits per heavy atom. The first kappa shape index (κ1) is 14.1. The van der Waals surface area contributed by atoms with Crippen molar-refractivity contribution in [3.8, 4) is 11.4 Å². The van der Waals surface area contributed by atoms with Crippen LogP contribution in [0.3, 0.4) is 0 Å². The highest BCUT2D eigenvalue weighted by Gasteiger charge is 2.12. The van der Waals surface area contributed by atoms with E-state index in [0.717, 1.165) is 0 Å². The van der Waals surface area contributed by atoms with Crippen LogP contribution in [-0.2, 0) is 11.2 Å². The zero-order chi connectivity index (χ0) is 14.0. The van der Waals surface area contributed by atoms with Crippen molar-refractivity contribution in [2.75, 3.05) is 0 Å². The minimum absolute atomic E-state index is 0.135. The Hall–Kier alpha value is -1.36. The Morgan fingerprint density at radius 1 is 1.16 bits per heavy atom. The van der Waals surface area contributed by atoms with Crippen LogP contribution in [0.4, 0.5) is 0 Å². The summed E-state index contributed by atoms with van der Waals surface area (Å²) in [5.41, 5.74) is 1.00. The largest absolute Gasteiger partial charge is 0.481 e. The summed E-state index contributed by atoms with van der Waals surface area (Å²) in [4.78, 5) is 18.7. The van der Waals surface area contributed by atoms with Crippen LogP contribution in [0.1, 0.15) is 5.56 Å². The van der Waals surface area contributed by atoms with E-state index in [0.29, 0.717) is 32.0 Å². The van der Waals surface area contributed by atoms with Crippen LogP contribution >= 0.6 is 34.8 Å². The molecule has 7 heteroatoms. The second-order valence-electron chi connectivity index (χ2n) is 3.73. The standard InChI is InChI=1S/C12H7Cl3N2O2/c13-7-2-8(11(15)9(14)3-7)12-16-4-6(5-17-12)1-10(18)19/h2-5H,1H2,(H,18,19). The molecule has 2 aromatic rings. The lowest BCUT2D eigenvalue weighted by Crippen LogP contribution is -2.01. The number of aromatic nitrogens is 2. The van der Waals surface area contributed by atoms with Gasteiger partial charge in [0.05, 0.1) is 16.5 Å². The van der Waals surface area contributed by atoms with E-state index in [-0.39, 0.29) is 6.42 Å². The highest BCUT2D eigenvalue weighted by molar-refractivity contribution is 6.44. The van der Waals surface area contributed by atoms with Crippen molar-refractivity contribution in [3.63, 3.8) is 0 Å². The molecule has 0 amide bonds. The van der Waals surface area contributed by atoms with Crippen LogP contribution in [0.25, 0.3) is 11.4 Å². The van der Waals surface area contributed by atoms with Gasteiger partial charge in [0.25, 0.3) is 0 Å². The topological polar surface area (TPSA) is 63.1 Å². The zero-order valence-corrected chi connectivity index (χ0v) is 11.7. The van der Waals surface area contributed by atoms with Gasteiger partial charge in [0, 0.05) is 23.0 Å². The van der Waals surface area contributed by atoms with E-state index in [9.17, 15) is 4.79 Å². The average Bonchev–Trinajstić information content (AvgIpc) is 2.34. The smallest absolute Gasteiger partial charge is 0.307 e. The fraction of sp³-hybridized carbons (Fsp3) is 0.0833. The fourth-order valence-corrected chi connectivity index (χ4v) is 2.17. The number of carboxylic acids is 1. The summed E-state index contributed by atoms with van der Waals surface area (Å²) in [5, 5.41) is 9.69. The molecule has 0 saturated heterocycles. The molecule has 0 radical (unpaired) electrons. The molecule has 1 aromatic heterocycles. The average molecular weight is 318 g/mol. The van der Waals surface area contributed by atoms with Gasteiger partial charge in [-0.05, 0) is 17.7 Å². The summed E-state index contributed by atoms with van der Waals surface area (Å²) in [7, 11) is 0. The Morgan fingerprint density at radius 3 is 2.37 bits per heavy atom. The molecule has 0 aliphatic rings. The van der Waals surface area contributed by atoms with Gasteiger partial charge < -0.3 is 5.11 Å². The number of carboxylic acid groups (broad SMARTS) is 1. The van der Waals surface area contributed by atoms with Gasteiger partial charge in [-0.25, -0.2) is 9.97 Å². The molecule has 1 heterocycles. The van der Waals surface area contributed by atoms with Gasteiger partial charge in [-0.3, -0.25) is 4.79 Å². The van der Waals surface area contributed by atoms with E-state index in [1.54, 1.807) is 6.07 Å². The second-order valence-corrected chi connectivity index (χ2v) is 4.96. The molecule has 1 N–H and O–H groups in total. The normalized spacial score (nSPS) is 10.5. The van der Waals surface area contributed by atoms with Gasteiger partial charge >= 0.3 is 5.97 Å². The Kier molecular flexibility index (Phi) is 4.24. The molecule has 0 atom stereocenters. The lowest BCUT2D eigenvalue weighted by atomic mass is 10.2. The highest BCUT2D eigenvalue weighted by atomic mass is 35.5. The Bertz CT molecular complexity index is 630. The molecule has 0 unspecified atom stereocenters. The first-order chi connectivity index (χ1) is 8.97. The quantitative estimate of drug-likeness (QED) is 0.876. The van der Waals surface area contributed by atoms with E-state index in [1.165, 1.54) is 18.5 Å². The van der Waals surface area contributed by atoms with Crippen LogP contribution in [0.15, 0.2) is 24.5 Å². The third-order valence-corrected chi connectivity index (χ3v) is 3.31. The summed E-state index contributed by atoms with van der Waals surface area (Å²) in [6, 6.07) is 3.12. The zero-order valence-electron chi connectivity index (χ0n) is 9.40. The summed E-state index contributed by atoms with van der Waals surface area (Å²) in [5.74, 6) is -0.608. The highest BCUT2D eigenvalue weighted by Crippen LogP contribution is 2.34. The molecule has 1 aromatic carbocycles. The lowest BCUT2D eigenvalue weighted by Gasteiger charge is -2.06. The molecule has 2 rings (SSSR count). The third-order valence-electron chi connectivity index (χ3n) is 2.29. The molecule has 0 fully saturated rings. The number of benzene rings is 1. The van der Waals surface area contributed by atoms with Crippen LogP contribution in [-0.4, -0.2) is 21.0 Å². The monoisotopic (exact) mass is 316 g/mol. The van der Waals surface area contributed by atoms with Crippen LogP contribution < -0.4 is 0 Å². The molecular weight excluding hydrogens is 311 g/mol. The number of halogens is 3. The molecule has 0 aliphatic carbocycles. The van der Waals surface area contributed by atoms with Gasteiger partial charge in [0.15, 0.2) is 5.82 Å². The Labute approximate surface area is 124 Å². The maximum atomic E-state index is 10.6. The SMILES string of the molecule is O=C(O)Cc1cnc(-c2cc(Cl)cc(Cl)c2Cl)nc1. The van der Waals surface area contributed by atoms with Crippen LogP contribution in [0.5, 0.6) is 0 Å². The second kappa shape index (κ2) is 5.74. The van der Waals surface area contributed by atoms with Crippen molar-refractivity contribution >= 4 is 40.8 Å². The maximum Gasteiger partial charge on any atom is 0.307 e. The van der Waals surface area contributed by atoms with Gasteiger partial charge in [0.2, 0.25) is 0 Å². The number of aliphatic carboxylic acids is 1. The summed E-state index contributed by atoms with van der Waals surface area (Å²) in [6.07, 6.45) is 2.73. The molecule has 0 bridgehead atoms. The molecule has 0 spiro atoms. The molecule has 98 valence electrons. The molecular formula is C12H7Cl3N2O2. The van der Waals surface area contributed by atoms with Crippen molar-refractivity contribution in [1.29, 1.82) is 0 Å². The minimum atomic E-state index is -0.944. The van der Waals surface area contributed by atoms with E-state index in [2.05, 4.69) is 9.97 Å². The van der Waals surface area contributed by atoms with Crippen molar-refractivity contribution in [2.24, 2.45) is 0 Å². The van der Waals surface area contributed by atoms with Gasteiger partial charge in [-0.1, -0.05) is 34.8 Å². The van der Waals surface area contributed by atoms with Gasteiger partial charge in [-0.15, -0.1) is 0 Å². The molecule has 19 heavy (non-hydrogen) atoms. The van der Waals surface area contributed by atoms with E-state index in [4.69, 9.17) is 39.9 Å². The maximum absolute atomic E-state index is 10.6. The van der Waals surface area contributed by atoms with Crippen molar-refractivity contribution < 1.29 is 9.90 Å². The molecule has 0 saturated carbocycles. The molecule has 4 nitrogen and oxygen atoms in total.